The van der Waals surface area contributed by atoms with Crippen LogP contribution in [0.1, 0.15) is 29.8 Å². The Morgan fingerprint density at radius 1 is 1.39 bits per heavy atom. The second kappa shape index (κ2) is 7.37. The Labute approximate surface area is 139 Å². The number of benzene rings is 1. The topological polar surface area (TPSA) is 73.6 Å². The molecule has 1 heterocycles. The third-order valence-electron chi connectivity index (χ3n) is 3.55. The number of carbonyl (C=O) groups excluding carboxylic acids is 1. The lowest BCUT2D eigenvalue weighted by Crippen LogP contribution is -2.28. The summed E-state index contributed by atoms with van der Waals surface area (Å²) in [4.78, 5) is 12.2. The number of nitrogens with zero attached hydrogens (tertiary/aromatic N) is 1. The van der Waals surface area contributed by atoms with Crippen LogP contribution in [0, 0.1) is 6.92 Å². The van der Waals surface area contributed by atoms with E-state index in [9.17, 15) is 4.79 Å². The van der Waals surface area contributed by atoms with Crippen molar-refractivity contribution in [3.63, 3.8) is 0 Å². The third-order valence-corrected chi connectivity index (χ3v) is 3.85. The quantitative estimate of drug-likeness (QED) is 0.876. The highest BCUT2D eigenvalue weighted by molar-refractivity contribution is 6.29. The molecular weight excluding hydrogens is 320 g/mol. The third kappa shape index (κ3) is 3.96. The van der Waals surface area contributed by atoms with Gasteiger partial charge in [0.05, 0.1) is 32.4 Å². The lowest BCUT2D eigenvalue weighted by Gasteiger charge is -2.18. The minimum absolute atomic E-state index is 0.102. The van der Waals surface area contributed by atoms with Crippen LogP contribution in [0.4, 0.5) is 0 Å². The second-order valence-electron chi connectivity index (χ2n) is 5.09. The summed E-state index contributed by atoms with van der Waals surface area (Å²) in [5.74, 6) is 1.19. The number of ether oxygens (including phenoxy) is 2. The number of aryl methyl sites for hydroxylation is 1. The van der Waals surface area contributed by atoms with Gasteiger partial charge in [0.1, 0.15) is 11.5 Å². The van der Waals surface area contributed by atoms with Gasteiger partial charge < -0.3 is 19.3 Å². The van der Waals surface area contributed by atoms with Crippen molar-refractivity contribution in [3.05, 3.63) is 40.2 Å². The molecule has 7 heteroatoms. The molecule has 1 unspecified atom stereocenters. The molecule has 0 saturated heterocycles. The largest absolute Gasteiger partial charge is 0.497 e. The number of halogens is 1. The Balaban J connectivity index is 2.12. The molecule has 0 saturated carbocycles. The maximum absolute atomic E-state index is 12.2. The molecule has 0 aliphatic heterocycles. The van der Waals surface area contributed by atoms with Gasteiger partial charge in [0.25, 0.3) is 0 Å². The van der Waals surface area contributed by atoms with E-state index in [2.05, 4.69) is 10.5 Å². The smallest absolute Gasteiger partial charge is 0.229 e. The number of rotatable bonds is 6. The van der Waals surface area contributed by atoms with Gasteiger partial charge in [0.15, 0.2) is 0 Å². The summed E-state index contributed by atoms with van der Waals surface area (Å²) in [5.41, 5.74) is 2.03. The highest BCUT2D eigenvalue weighted by atomic mass is 35.5. The Morgan fingerprint density at radius 3 is 2.70 bits per heavy atom. The van der Waals surface area contributed by atoms with E-state index in [4.69, 9.17) is 25.6 Å². The molecule has 124 valence electrons. The van der Waals surface area contributed by atoms with Crippen molar-refractivity contribution in [2.45, 2.75) is 26.3 Å². The molecular formula is C16H19ClN2O4. The average Bonchev–Trinajstić information content (AvgIpc) is 2.85. The zero-order chi connectivity index (χ0) is 17.0. The van der Waals surface area contributed by atoms with Crippen LogP contribution in [0.3, 0.4) is 0 Å². The van der Waals surface area contributed by atoms with Crippen molar-refractivity contribution < 1.29 is 18.8 Å². The Kier molecular flexibility index (Phi) is 5.50. The number of hydrogen-bond donors (Lipinski definition) is 1. The Morgan fingerprint density at radius 2 is 2.13 bits per heavy atom. The van der Waals surface area contributed by atoms with Crippen molar-refractivity contribution in [2.24, 2.45) is 0 Å². The van der Waals surface area contributed by atoms with Gasteiger partial charge in [-0.1, -0.05) is 5.16 Å². The first kappa shape index (κ1) is 17.1. The molecule has 2 rings (SSSR count). The van der Waals surface area contributed by atoms with Crippen LogP contribution in [-0.2, 0) is 11.2 Å². The number of amides is 1. The number of hydrogen-bond acceptors (Lipinski definition) is 5. The fourth-order valence-corrected chi connectivity index (χ4v) is 2.51. The second-order valence-corrected chi connectivity index (χ2v) is 5.44. The summed E-state index contributed by atoms with van der Waals surface area (Å²) in [5, 5.41) is 6.79. The van der Waals surface area contributed by atoms with Crippen molar-refractivity contribution in [1.82, 2.24) is 10.5 Å². The maximum Gasteiger partial charge on any atom is 0.229 e. The standard InChI is InChI=1S/C16H19ClN2O4/c1-9(12-7-11(21-3)5-6-14(12)22-4)18-15(20)8-13-10(2)19-23-16(13)17/h5-7,9H,8H2,1-4H3,(H,18,20). The van der Waals surface area contributed by atoms with Crippen LogP contribution in [0.5, 0.6) is 11.5 Å². The molecule has 1 atom stereocenters. The summed E-state index contributed by atoms with van der Waals surface area (Å²) in [6.45, 7) is 3.61. The predicted molar refractivity (Wildman–Crippen MR) is 86.1 cm³/mol. The fraction of sp³-hybridized carbons (Fsp3) is 0.375. The number of methoxy groups -OCH3 is 2. The van der Waals surface area contributed by atoms with Gasteiger partial charge in [-0.05, 0) is 43.6 Å². The van der Waals surface area contributed by atoms with Gasteiger partial charge in [-0.15, -0.1) is 0 Å². The molecule has 1 N–H and O–H groups in total. The minimum Gasteiger partial charge on any atom is -0.497 e. The molecule has 1 amide bonds. The van der Waals surface area contributed by atoms with Gasteiger partial charge >= 0.3 is 0 Å². The SMILES string of the molecule is COc1ccc(OC)c(C(C)NC(=O)Cc2c(C)noc2Cl)c1. The molecule has 0 spiro atoms. The van der Waals surface area contributed by atoms with Crippen LogP contribution in [-0.4, -0.2) is 25.3 Å². The van der Waals surface area contributed by atoms with Crippen LogP contribution in [0.15, 0.2) is 22.7 Å². The summed E-state index contributed by atoms with van der Waals surface area (Å²) in [7, 11) is 3.17. The van der Waals surface area contributed by atoms with Crippen LogP contribution >= 0.6 is 11.6 Å². The average molecular weight is 339 g/mol. The number of aromatic nitrogens is 1. The highest BCUT2D eigenvalue weighted by Gasteiger charge is 2.19. The minimum atomic E-state index is -0.258. The van der Waals surface area contributed by atoms with Gasteiger partial charge in [-0.2, -0.15) is 0 Å². The van der Waals surface area contributed by atoms with Gasteiger partial charge in [0, 0.05) is 11.1 Å². The zero-order valence-electron chi connectivity index (χ0n) is 13.5. The van der Waals surface area contributed by atoms with E-state index in [1.807, 2.05) is 13.0 Å². The summed E-state index contributed by atoms with van der Waals surface area (Å²) < 4.78 is 15.4. The zero-order valence-corrected chi connectivity index (χ0v) is 14.2. The monoisotopic (exact) mass is 338 g/mol. The molecule has 0 aliphatic carbocycles. The molecule has 0 radical (unpaired) electrons. The van der Waals surface area contributed by atoms with Crippen LogP contribution in [0.25, 0.3) is 0 Å². The van der Waals surface area contributed by atoms with E-state index in [0.29, 0.717) is 22.8 Å². The van der Waals surface area contributed by atoms with E-state index in [0.717, 1.165) is 5.56 Å². The number of carbonyl (C=O) groups is 1. The van der Waals surface area contributed by atoms with Crippen molar-refractivity contribution in [2.75, 3.05) is 14.2 Å². The first-order valence-corrected chi connectivity index (χ1v) is 7.46. The molecule has 1 aromatic heterocycles. The molecule has 2 aromatic rings. The normalized spacial score (nSPS) is 11.9. The predicted octanol–water partition coefficient (Wildman–Crippen LogP) is 3.07. The summed E-state index contributed by atoms with van der Waals surface area (Å²) in [6, 6.07) is 5.18. The molecule has 0 fully saturated rings. The van der Waals surface area contributed by atoms with E-state index in [1.54, 1.807) is 33.3 Å². The summed E-state index contributed by atoms with van der Waals surface area (Å²) in [6.07, 6.45) is 0.102. The highest BCUT2D eigenvalue weighted by Crippen LogP contribution is 2.29. The van der Waals surface area contributed by atoms with Crippen molar-refractivity contribution in [3.8, 4) is 11.5 Å². The lowest BCUT2D eigenvalue weighted by atomic mass is 10.1. The summed E-state index contributed by atoms with van der Waals surface area (Å²) >= 11 is 5.88. The van der Waals surface area contributed by atoms with E-state index >= 15 is 0 Å². The fourth-order valence-electron chi connectivity index (χ4n) is 2.27. The van der Waals surface area contributed by atoms with Gasteiger partial charge in [0.2, 0.25) is 11.1 Å². The molecule has 6 nitrogen and oxygen atoms in total. The van der Waals surface area contributed by atoms with Gasteiger partial charge in [-0.25, -0.2) is 0 Å². The first-order chi connectivity index (χ1) is 11.0. The molecule has 0 bridgehead atoms. The Bertz CT molecular complexity index is 680. The lowest BCUT2D eigenvalue weighted by molar-refractivity contribution is -0.121. The van der Waals surface area contributed by atoms with Crippen LogP contribution < -0.4 is 14.8 Å². The van der Waals surface area contributed by atoms with Crippen molar-refractivity contribution >= 4 is 17.5 Å². The van der Waals surface area contributed by atoms with E-state index < -0.39 is 0 Å². The Hall–Kier alpha value is -2.21. The molecule has 23 heavy (non-hydrogen) atoms. The van der Waals surface area contributed by atoms with Crippen LogP contribution in [0.2, 0.25) is 5.22 Å². The molecule has 1 aromatic carbocycles. The van der Waals surface area contributed by atoms with E-state index in [1.165, 1.54) is 0 Å². The molecule has 0 aliphatic rings. The van der Waals surface area contributed by atoms with Crippen molar-refractivity contribution in [1.29, 1.82) is 0 Å². The van der Waals surface area contributed by atoms with E-state index in [-0.39, 0.29) is 23.6 Å². The first-order valence-electron chi connectivity index (χ1n) is 7.08. The maximum atomic E-state index is 12.2. The van der Waals surface area contributed by atoms with Gasteiger partial charge in [-0.3, -0.25) is 4.79 Å². The number of nitrogens with one attached hydrogen (secondary N) is 1.